The average Bonchev–Trinajstić information content (AvgIpc) is 3.44. The topological polar surface area (TPSA) is 89.1 Å². The molecule has 2 saturated heterocycles. The number of hydrogen-bond donors (Lipinski definition) is 3. The van der Waals surface area contributed by atoms with Crippen LogP contribution < -0.4 is 20.9 Å². The number of halogens is 2. The highest BCUT2D eigenvalue weighted by Crippen LogP contribution is 2.45. The summed E-state index contributed by atoms with van der Waals surface area (Å²) in [6, 6.07) is 8.60. The van der Waals surface area contributed by atoms with E-state index in [0.717, 1.165) is 51.0 Å². The van der Waals surface area contributed by atoms with Crippen LogP contribution in [0.1, 0.15) is 35.1 Å². The number of fused-ring (bicyclic) bond motifs is 2. The number of rotatable bonds is 5. The fourth-order valence-corrected chi connectivity index (χ4v) is 6.89. The van der Waals surface area contributed by atoms with Crippen molar-refractivity contribution in [3.05, 3.63) is 52.6 Å². The van der Waals surface area contributed by atoms with E-state index in [0.29, 0.717) is 29.2 Å². The van der Waals surface area contributed by atoms with Gasteiger partial charge in [-0.25, -0.2) is 22.2 Å². The van der Waals surface area contributed by atoms with Crippen molar-refractivity contribution in [2.24, 2.45) is 10.4 Å². The standard InChI is InChI=1S/C25H30F2N6O2S/c1-32-13-24(14-32)5-6-33(15-24)21-9-17(23(26)27)7-19-12-29-25(31-22(19)21,36(2,34)35)30-20-4-3-16-10-28-11-18(16)8-20/h3-4,7-9,12,23,28,30-31H,5-6,10-11,13-15H2,1-2H3. The number of nitrogens with one attached hydrogen (secondary N) is 3. The summed E-state index contributed by atoms with van der Waals surface area (Å²) in [5.41, 5.74) is 4.47. The molecule has 36 heavy (non-hydrogen) atoms. The first-order valence-electron chi connectivity index (χ1n) is 12.1. The fourth-order valence-electron chi connectivity index (χ4n) is 6.06. The molecule has 1 spiro atoms. The molecule has 0 saturated carbocycles. The van der Waals surface area contributed by atoms with Gasteiger partial charge in [0.1, 0.15) is 0 Å². The first-order valence-corrected chi connectivity index (χ1v) is 14.0. The van der Waals surface area contributed by atoms with Gasteiger partial charge < -0.3 is 25.8 Å². The largest absolute Gasteiger partial charge is 0.369 e. The molecule has 4 heterocycles. The van der Waals surface area contributed by atoms with Crippen molar-refractivity contribution in [3.63, 3.8) is 0 Å². The summed E-state index contributed by atoms with van der Waals surface area (Å²) in [6.07, 6.45) is 0.839. The smallest absolute Gasteiger partial charge is 0.311 e. The minimum absolute atomic E-state index is 0.102. The Hall–Kier alpha value is -2.76. The van der Waals surface area contributed by atoms with E-state index in [1.54, 1.807) is 0 Å². The van der Waals surface area contributed by atoms with Gasteiger partial charge in [0.25, 0.3) is 6.43 Å². The summed E-state index contributed by atoms with van der Waals surface area (Å²) in [7, 11) is -1.77. The molecule has 2 fully saturated rings. The van der Waals surface area contributed by atoms with Crippen LogP contribution >= 0.6 is 0 Å². The summed E-state index contributed by atoms with van der Waals surface area (Å²) in [5.74, 6) is 0. The van der Waals surface area contributed by atoms with E-state index < -0.39 is 21.4 Å². The molecule has 0 bridgehead atoms. The van der Waals surface area contributed by atoms with Crippen molar-refractivity contribution in [1.82, 2.24) is 10.2 Å². The normalized spacial score (nSPS) is 24.5. The second-order valence-corrected chi connectivity index (χ2v) is 12.8. The monoisotopic (exact) mass is 516 g/mol. The molecule has 1 atom stereocenters. The van der Waals surface area contributed by atoms with Crippen molar-refractivity contribution < 1.29 is 17.2 Å². The first kappa shape index (κ1) is 23.6. The summed E-state index contributed by atoms with van der Waals surface area (Å²) in [4.78, 5) is 8.74. The Kier molecular flexibility index (Phi) is 5.33. The van der Waals surface area contributed by atoms with Crippen LogP contribution in [-0.4, -0.2) is 64.1 Å². The molecule has 2 aromatic carbocycles. The van der Waals surface area contributed by atoms with Gasteiger partial charge >= 0.3 is 5.12 Å². The molecule has 2 aromatic rings. The molecule has 6 rings (SSSR count). The second-order valence-electron chi connectivity index (χ2n) is 10.7. The predicted molar refractivity (Wildman–Crippen MR) is 138 cm³/mol. The van der Waals surface area contributed by atoms with Gasteiger partial charge in [-0.2, -0.15) is 0 Å². The maximum atomic E-state index is 13.8. The Morgan fingerprint density at radius 1 is 1.11 bits per heavy atom. The van der Waals surface area contributed by atoms with Crippen molar-refractivity contribution in [2.45, 2.75) is 31.1 Å². The van der Waals surface area contributed by atoms with Gasteiger partial charge in [-0.3, -0.25) is 0 Å². The molecular formula is C25H30F2N6O2S. The van der Waals surface area contributed by atoms with E-state index in [4.69, 9.17) is 0 Å². The Morgan fingerprint density at radius 3 is 2.61 bits per heavy atom. The van der Waals surface area contributed by atoms with Crippen LogP contribution in [0.2, 0.25) is 0 Å². The zero-order valence-corrected chi connectivity index (χ0v) is 21.1. The average molecular weight is 517 g/mol. The summed E-state index contributed by atoms with van der Waals surface area (Å²) in [6.45, 7) is 4.89. The number of hydrogen-bond acceptors (Lipinski definition) is 8. The van der Waals surface area contributed by atoms with Crippen LogP contribution in [0.3, 0.4) is 0 Å². The number of anilines is 3. The number of nitrogens with zero attached hydrogens (tertiary/aromatic N) is 3. The quantitative estimate of drug-likeness (QED) is 0.563. The Labute approximate surface area is 209 Å². The SMILES string of the molecule is CN1CC2(CCN(c3cc(C(F)F)cc4c3NC(Nc3ccc5c(c3)CNC5)(S(C)(=O)=O)N=C4)C2)C1. The molecule has 0 radical (unpaired) electrons. The van der Waals surface area contributed by atoms with Crippen LogP contribution in [0.5, 0.6) is 0 Å². The van der Waals surface area contributed by atoms with E-state index in [1.807, 2.05) is 18.2 Å². The Bertz CT molecular complexity index is 1360. The van der Waals surface area contributed by atoms with Crippen molar-refractivity contribution in [2.75, 3.05) is 55.0 Å². The summed E-state index contributed by atoms with van der Waals surface area (Å²) >= 11 is 0. The lowest BCUT2D eigenvalue weighted by Crippen LogP contribution is -2.55. The van der Waals surface area contributed by atoms with Crippen LogP contribution in [0.4, 0.5) is 25.8 Å². The third-order valence-corrected chi connectivity index (χ3v) is 9.16. The van der Waals surface area contributed by atoms with E-state index in [2.05, 4.69) is 37.8 Å². The number of alkyl halides is 2. The summed E-state index contributed by atoms with van der Waals surface area (Å²) in [5, 5.41) is 7.66. The lowest BCUT2D eigenvalue weighted by molar-refractivity contribution is 0.0424. The minimum Gasteiger partial charge on any atom is -0.369 e. The molecule has 3 N–H and O–H groups in total. The second kappa shape index (κ2) is 8.12. The van der Waals surface area contributed by atoms with E-state index >= 15 is 0 Å². The fraction of sp³-hybridized carbons (Fsp3) is 0.480. The van der Waals surface area contributed by atoms with Crippen LogP contribution in [-0.2, 0) is 22.9 Å². The van der Waals surface area contributed by atoms with Crippen molar-refractivity contribution in [3.8, 4) is 0 Å². The Morgan fingerprint density at radius 2 is 1.89 bits per heavy atom. The highest BCUT2D eigenvalue weighted by atomic mass is 32.2. The maximum Gasteiger partial charge on any atom is 0.311 e. The van der Waals surface area contributed by atoms with Crippen molar-refractivity contribution >= 4 is 33.1 Å². The molecule has 0 aromatic heterocycles. The third kappa shape index (κ3) is 3.84. The van der Waals surface area contributed by atoms with Crippen LogP contribution in [0, 0.1) is 5.41 Å². The molecule has 1 unspecified atom stereocenters. The molecule has 0 aliphatic carbocycles. The Balaban J connectivity index is 1.40. The van der Waals surface area contributed by atoms with Gasteiger partial charge in [0.05, 0.1) is 11.4 Å². The number of aliphatic imine (C=N–C) groups is 1. The minimum atomic E-state index is -3.84. The predicted octanol–water partition coefficient (Wildman–Crippen LogP) is 2.98. The third-order valence-electron chi connectivity index (χ3n) is 7.78. The van der Waals surface area contributed by atoms with Gasteiger partial charge in [-0.05, 0) is 48.9 Å². The number of benzene rings is 2. The molecule has 0 amide bonds. The van der Waals surface area contributed by atoms with E-state index in [9.17, 15) is 17.2 Å². The van der Waals surface area contributed by atoms with Gasteiger partial charge in [-0.1, -0.05) is 6.07 Å². The summed E-state index contributed by atoms with van der Waals surface area (Å²) < 4.78 is 54.0. The van der Waals surface area contributed by atoms with Gasteiger partial charge in [0, 0.05) is 74.0 Å². The zero-order valence-electron chi connectivity index (χ0n) is 20.3. The van der Waals surface area contributed by atoms with Crippen LogP contribution in [0.15, 0.2) is 35.3 Å². The number of likely N-dealkylation sites (tertiary alicyclic amines) is 1. The van der Waals surface area contributed by atoms with E-state index in [1.165, 1.54) is 23.9 Å². The number of sulfone groups is 1. The van der Waals surface area contributed by atoms with Crippen molar-refractivity contribution in [1.29, 1.82) is 0 Å². The highest BCUT2D eigenvalue weighted by Gasteiger charge is 2.48. The van der Waals surface area contributed by atoms with Gasteiger partial charge in [0.2, 0.25) is 9.84 Å². The highest BCUT2D eigenvalue weighted by molar-refractivity contribution is 7.92. The lowest BCUT2D eigenvalue weighted by atomic mass is 9.79. The van der Waals surface area contributed by atoms with Gasteiger partial charge in [-0.15, -0.1) is 0 Å². The van der Waals surface area contributed by atoms with Gasteiger partial charge in [0.15, 0.2) is 0 Å². The van der Waals surface area contributed by atoms with Crippen LogP contribution in [0.25, 0.3) is 0 Å². The molecule has 4 aliphatic heterocycles. The van der Waals surface area contributed by atoms with E-state index in [-0.39, 0.29) is 11.0 Å². The first-order chi connectivity index (χ1) is 17.1. The maximum absolute atomic E-state index is 13.8. The zero-order chi connectivity index (χ0) is 25.3. The lowest BCUT2D eigenvalue weighted by Gasteiger charge is -2.46. The molecule has 192 valence electrons. The molecule has 8 nitrogen and oxygen atoms in total. The molecule has 11 heteroatoms. The molecule has 4 aliphatic rings. The molecular weight excluding hydrogens is 486 g/mol.